The van der Waals surface area contributed by atoms with E-state index in [0.29, 0.717) is 5.92 Å². The zero-order chi connectivity index (χ0) is 9.56. The number of hydrogen-bond acceptors (Lipinski definition) is 1. The molecule has 0 bridgehead atoms. The van der Waals surface area contributed by atoms with Gasteiger partial charge in [0.2, 0.25) is 0 Å². The molecule has 0 aromatic carbocycles. The third-order valence-electron chi connectivity index (χ3n) is 2.05. The fourth-order valence-electron chi connectivity index (χ4n) is 1.33. The maximum atomic E-state index is 4.03. The third-order valence-corrected chi connectivity index (χ3v) is 2.05. The Morgan fingerprint density at radius 3 is 2.00 bits per heavy atom. The molecule has 0 amide bonds. The second-order valence-electron chi connectivity index (χ2n) is 3.82. The molecule has 1 nitrogen and oxygen atoms in total. The fraction of sp³-hybridized carbons (Fsp3) is 0.818. The molecule has 1 rings (SSSR count). The summed E-state index contributed by atoms with van der Waals surface area (Å²) in [7, 11) is 0. The van der Waals surface area contributed by atoms with E-state index in [9.17, 15) is 0 Å². The summed E-state index contributed by atoms with van der Waals surface area (Å²) >= 11 is 0. The topological polar surface area (TPSA) is 3.24 Å². The second kappa shape index (κ2) is 9.61. The summed E-state index contributed by atoms with van der Waals surface area (Å²) in [5.41, 5.74) is 0. The van der Waals surface area contributed by atoms with E-state index in [4.69, 9.17) is 0 Å². The molecule has 0 aromatic rings. The SMILES string of the molecule is C[CH-]C.[CH2-]C1CCN(C(C)C)C1.[Y]. The summed E-state index contributed by atoms with van der Waals surface area (Å²) in [4.78, 5) is 2.48. The van der Waals surface area contributed by atoms with E-state index in [1.807, 2.05) is 20.3 Å². The third kappa shape index (κ3) is 8.08. The van der Waals surface area contributed by atoms with Gasteiger partial charge in [0.15, 0.2) is 0 Å². The van der Waals surface area contributed by atoms with Crippen molar-refractivity contribution in [3.8, 4) is 0 Å². The number of rotatable bonds is 1. The van der Waals surface area contributed by atoms with E-state index < -0.39 is 0 Å². The number of hydrogen-bond donors (Lipinski definition) is 0. The Kier molecular flexibility index (Phi) is 12.2. The van der Waals surface area contributed by atoms with Gasteiger partial charge in [0.1, 0.15) is 0 Å². The van der Waals surface area contributed by atoms with E-state index in [1.165, 1.54) is 19.5 Å². The molecule has 1 atom stereocenters. The molecule has 1 fully saturated rings. The normalized spacial score (nSPS) is 22.2. The van der Waals surface area contributed by atoms with Crippen LogP contribution in [0.5, 0.6) is 0 Å². The van der Waals surface area contributed by atoms with Crippen LogP contribution in [0.2, 0.25) is 0 Å². The molecule has 0 spiro atoms. The summed E-state index contributed by atoms with van der Waals surface area (Å²) in [5, 5.41) is 0. The molecule has 0 saturated carbocycles. The van der Waals surface area contributed by atoms with Crippen molar-refractivity contribution in [3.63, 3.8) is 0 Å². The predicted molar refractivity (Wildman–Crippen MR) is 55.8 cm³/mol. The summed E-state index contributed by atoms with van der Waals surface area (Å²) in [5.74, 6) is 0.687. The van der Waals surface area contributed by atoms with Crippen LogP contribution in [0.1, 0.15) is 34.1 Å². The maximum Gasteiger partial charge on any atom is 0.00376 e. The molecule has 1 aliphatic rings. The molecule has 0 aromatic heterocycles. The molecular formula is C11H23NY-2. The van der Waals surface area contributed by atoms with Crippen LogP contribution >= 0.6 is 0 Å². The van der Waals surface area contributed by atoms with Gasteiger partial charge in [-0.1, -0.05) is 6.42 Å². The molecule has 2 heteroatoms. The number of nitrogens with zero attached hydrogens (tertiary/aromatic N) is 1. The molecule has 1 saturated heterocycles. The summed E-state index contributed by atoms with van der Waals surface area (Å²) < 4.78 is 0. The van der Waals surface area contributed by atoms with Crippen LogP contribution in [-0.2, 0) is 32.7 Å². The van der Waals surface area contributed by atoms with Crippen molar-refractivity contribution >= 4 is 0 Å². The van der Waals surface area contributed by atoms with Crippen molar-refractivity contribution in [2.24, 2.45) is 5.92 Å². The number of likely N-dealkylation sites (tertiary alicyclic amines) is 1. The Morgan fingerprint density at radius 2 is 1.85 bits per heavy atom. The Morgan fingerprint density at radius 1 is 1.38 bits per heavy atom. The fourth-order valence-corrected chi connectivity index (χ4v) is 1.33. The van der Waals surface area contributed by atoms with Crippen LogP contribution in [0.15, 0.2) is 0 Å². The van der Waals surface area contributed by atoms with Crippen molar-refractivity contribution in [3.05, 3.63) is 13.3 Å². The second-order valence-corrected chi connectivity index (χ2v) is 3.82. The van der Waals surface area contributed by atoms with Crippen molar-refractivity contribution < 1.29 is 32.7 Å². The molecule has 1 heterocycles. The van der Waals surface area contributed by atoms with Gasteiger partial charge in [-0.05, 0) is 26.9 Å². The molecule has 0 N–H and O–H groups in total. The van der Waals surface area contributed by atoms with Crippen LogP contribution in [0.3, 0.4) is 0 Å². The summed E-state index contributed by atoms with van der Waals surface area (Å²) in [6, 6.07) is 0.719. The van der Waals surface area contributed by atoms with E-state index in [1.54, 1.807) is 0 Å². The Labute approximate surface area is 110 Å². The van der Waals surface area contributed by atoms with Gasteiger partial charge in [-0.2, -0.15) is 19.8 Å². The van der Waals surface area contributed by atoms with Gasteiger partial charge in [0.05, 0.1) is 0 Å². The average Bonchev–Trinajstić information content (AvgIpc) is 2.37. The molecule has 1 radical (unpaired) electrons. The predicted octanol–water partition coefficient (Wildman–Crippen LogP) is 2.78. The monoisotopic (exact) mass is 258 g/mol. The largest absolute Gasteiger partial charge is 0.339 e. The minimum Gasteiger partial charge on any atom is -0.339 e. The maximum absolute atomic E-state index is 4.03. The van der Waals surface area contributed by atoms with Gasteiger partial charge >= 0.3 is 0 Å². The van der Waals surface area contributed by atoms with Crippen LogP contribution in [0.4, 0.5) is 0 Å². The average molecular weight is 258 g/mol. The first-order valence-electron chi connectivity index (χ1n) is 4.92. The van der Waals surface area contributed by atoms with Gasteiger partial charge in [0, 0.05) is 38.8 Å². The van der Waals surface area contributed by atoms with E-state index >= 15 is 0 Å². The summed E-state index contributed by atoms with van der Waals surface area (Å²) in [6.45, 7) is 15.0. The van der Waals surface area contributed by atoms with E-state index in [-0.39, 0.29) is 32.7 Å². The molecule has 13 heavy (non-hydrogen) atoms. The Balaban J connectivity index is 0. The standard InChI is InChI=1S/C8H16N.C3H7.Y/c1-7(2)9-5-4-8(3)6-9;1-3-2;/h7-8H,3-6H2,1-2H3;3H,1-2H3;/q2*-1;. The first kappa shape index (κ1) is 16.5. The van der Waals surface area contributed by atoms with Gasteiger partial charge < -0.3 is 18.2 Å². The van der Waals surface area contributed by atoms with Crippen molar-refractivity contribution in [2.75, 3.05) is 13.1 Å². The molecular weight excluding hydrogens is 235 g/mol. The van der Waals surface area contributed by atoms with E-state index in [0.717, 1.165) is 6.04 Å². The minimum absolute atomic E-state index is 0. The van der Waals surface area contributed by atoms with Gasteiger partial charge in [-0.3, -0.25) is 0 Å². The van der Waals surface area contributed by atoms with Crippen LogP contribution in [-0.4, -0.2) is 24.0 Å². The summed E-state index contributed by atoms with van der Waals surface area (Å²) in [6.07, 6.45) is 3.29. The molecule has 1 aliphatic heterocycles. The molecule has 1 unspecified atom stereocenters. The molecule has 77 valence electrons. The van der Waals surface area contributed by atoms with Crippen LogP contribution in [0.25, 0.3) is 0 Å². The van der Waals surface area contributed by atoms with Gasteiger partial charge in [-0.25, -0.2) is 0 Å². The van der Waals surface area contributed by atoms with Crippen molar-refractivity contribution in [2.45, 2.75) is 40.2 Å². The minimum atomic E-state index is 0. The zero-order valence-electron chi connectivity index (χ0n) is 9.59. The van der Waals surface area contributed by atoms with E-state index in [2.05, 4.69) is 25.7 Å². The van der Waals surface area contributed by atoms with Crippen LogP contribution in [0, 0.1) is 19.3 Å². The van der Waals surface area contributed by atoms with Crippen molar-refractivity contribution in [1.29, 1.82) is 0 Å². The van der Waals surface area contributed by atoms with Crippen molar-refractivity contribution in [1.82, 2.24) is 4.90 Å². The van der Waals surface area contributed by atoms with Gasteiger partial charge in [-0.15, -0.1) is 0 Å². The van der Waals surface area contributed by atoms with Crippen LogP contribution < -0.4 is 0 Å². The van der Waals surface area contributed by atoms with Gasteiger partial charge in [0.25, 0.3) is 0 Å². The Hall–Kier alpha value is 1.06. The first-order valence-corrected chi connectivity index (χ1v) is 4.92. The zero-order valence-corrected chi connectivity index (χ0v) is 12.4. The smallest absolute Gasteiger partial charge is 0.00376 e. The first-order chi connectivity index (χ1) is 5.61. The quantitative estimate of drug-likeness (QED) is 0.654. The Bertz CT molecular complexity index is 104. The molecule has 0 aliphatic carbocycles.